The van der Waals surface area contributed by atoms with E-state index in [1.54, 1.807) is 0 Å². The molecule has 0 aliphatic heterocycles. The van der Waals surface area contributed by atoms with Crippen LogP contribution < -0.4 is 0 Å². The lowest BCUT2D eigenvalue weighted by atomic mass is 9.87. The van der Waals surface area contributed by atoms with E-state index in [9.17, 15) is 13.2 Å². The van der Waals surface area contributed by atoms with E-state index in [1.165, 1.54) is 13.8 Å². The SMILES string of the molecule is C=C(C(=O)O)C(C)(C)CS(=O)(=O)O. The maximum absolute atomic E-state index is 10.5. The van der Waals surface area contributed by atoms with Crippen molar-refractivity contribution in [2.24, 2.45) is 5.41 Å². The van der Waals surface area contributed by atoms with Gasteiger partial charge in [-0.2, -0.15) is 8.42 Å². The molecular formula is C7H12O5S. The van der Waals surface area contributed by atoms with Crippen molar-refractivity contribution in [3.8, 4) is 0 Å². The van der Waals surface area contributed by atoms with Crippen molar-refractivity contribution in [2.45, 2.75) is 13.8 Å². The van der Waals surface area contributed by atoms with Gasteiger partial charge in [0.25, 0.3) is 10.1 Å². The van der Waals surface area contributed by atoms with Crippen LogP contribution in [0, 0.1) is 5.41 Å². The van der Waals surface area contributed by atoms with Crippen molar-refractivity contribution in [1.29, 1.82) is 0 Å². The Hall–Kier alpha value is -0.880. The van der Waals surface area contributed by atoms with Gasteiger partial charge in [-0.05, 0) is 0 Å². The predicted molar refractivity (Wildman–Crippen MR) is 47.0 cm³/mol. The third-order valence-corrected chi connectivity index (χ3v) is 2.70. The third-order valence-electron chi connectivity index (χ3n) is 1.62. The molecule has 0 spiro atoms. The zero-order chi connectivity index (χ0) is 10.9. The van der Waals surface area contributed by atoms with Crippen LogP contribution in [0.25, 0.3) is 0 Å². The first-order valence-electron chi connectivity index (χ1n) is 3.44. The zero-order valence-electron chi connectivity index (χ0n) is 7.44. The van der Waals surface area contributed by atoms with Gasteiger partial charge in [-0.15, -0.1) is 0 Å². The third kappa shape index (κ3) is 4.05. The maximum atomic E-state index is 10.5. The number of carboxylic acid groups (broad SMARTS) is 1. The molecule has 5 nitrogen and oxygen atoms in total. The Balaban J connectivity index is 4.79. The summed E-state index contributed by atoms with van der Waals surface area (Å²) in [6.45, 7) is 6.01. The standard InChI is InChI=1S/C7H12O5S/c1-5(6(8)9)7(2,3)4-13(10,11)12/h1,4H2,2-3H3,(H,8,9)(H,10,11,12). The van der Waals surface area contributed by atoms with Gasteiger partial charge in [0.15, 0.2) is 0 Å². The van der Waals surface area contributed by atoms with Crippen LogP contribution in [-0.4, -0.2) is 29.8 Å². The molecule has 0 fully saturated rings. The van der Waals surface area contributed by atoms with Crippen LogP contribution in [0.3, 0.4) is 0 Å². The molecule has 0 amide bonds. The highest BCUT2D eigenvalue weighted by atomic mass is 32.2. The molecular weight excluding hydrogens is 196 g/mol. The highest BCUT2D eigenvalue weighted by Crippen LogP contribution is 2.26. The van der Waals surface area contributed by atoms with Gasteiger partial charge in [-0.25, -0.2) is 4.79 Å². The average Bonchev–Trinajstić information content (AvgIpc) is 1.80. The summed E-state index contributed by atoms with van der Waals surface area (Å²) < 4.78 is 29.5. The Labute approximate surface area is 76.8 Å². The van der Waals surface area contributed by atoms with E-state index >= 15 is 0 Å². The van der Waals surface area contributed by atoms with Crippen molar-refractivity contribution in [3.05, 3.63) is 12.2 Å². The lowest BCUT2D eigenvalue weighted by Crippen LogP contribution is -2.28. The fourth-order valence-electron chi connectivity index (χ4n) is 0.833. The molecule has 0 saturated carbocycles. The first-order valence-corrected chi connectivity index (χ1v) is 5.05. The Kier molecular flexibility index (Phi) is 3.23. The molecule has 0 radical (unpaired) electrons. The maximum Gasteiger partial charge on any atom is 0.331 e. The summed E-state index contributed by atoms with van der Waals surface area (Å²) in [6, 6.07) is 0. The van der Waals surface area contributed by atoms with Gasteiger partial charge in [-0.3, -0.25) is 4.55 Å². The van der Waals surface area contributed by atoms with Crippen LogP contribution in [0.4, 0.5) is 0 Å². The normalized spacial score (nSPS) is 12.5. The lowest BCUT2D eigenvalue weighted by molar-refractivity contribution is -0.133. The van der Waals surface area contributed by atoms with Crippen molar-refractivity contribution in [2.75, 3.05) is 5.75 Å². The van der Waals surface area contributed by atoms with Crippen LogP contribution in [0.2, 0.25) is 0 Å². The topological polar surface area (TPSA) is 91.7 Å². The van der Waals surface area contributed by atoms with E-state index in [1.807, 2.05) is 0 Å². The summed E-state index contributed by atoms with van der Waals surface area (Å²) in [5.74, 6) is -1.92. The molecule has 0 bridgehead atoms. The molecule has 76 valence electrons. The predicted octanol–water partition coefficient (Wildman–Crippen LogP) is 0.541. The Morgan fingerprint density at radius 1 is 1.46 bits per heavy atom. The van der Waals surface area contributed by atoms with E-state index in [2.05, 4.69) is 6.58 Å². The van der Waals surface area contributed by atoms with Gasteiger partial charge in [0, 0.05) is 11.0 Å². The molecule has 0 aromatic rings. The van der Waals surface area contributed by atoms with Gasteiger partial charge in [0.1, 0.15) is 0 Å². The smallest absolute Gasteiger partial charge is 0.331 e. The second-order valence-electron chi connectivity index (χ2n) is 3.39. The van der Waals surface area contributed by atoms with E-state index in [4.69, 9.17) is 9.66 Å². The summed E-state index contributed by atoms with van der Waals surface area (Å²) >= 11 is 0. The van der Waals surface area contributed by atoms with Crippen molar-refractivity contribution < 1.29 is 22.9 Å². The fourth-order valence-corrected chi connectivity index (χ4v) is 1.92. The van der Waals surface area contributed by atoms with E-state index in [0.29, 0.717) is 0 Å². The molecule has 0 rings (SSSR count). The average molecular weight is 208 g/mol. The highest BCUT2D eigenvalue weighted by Gasteiger charge is 2.31. The summed E-state index contributed by atoms with van der Waals surface area (Å²) in [5.41, 5.74) is -1.41. The van der Waals surface area contributed by atoms with Gasteiger partial charge < -0.3 is 5.11 Å². The van der Waals surface area contributed by atoms with Gasteiger partial charge >= 0.3 is 5.97 Å². The van der Waals surface area contributed by atoms with Crippen molar-refractivity contribution in [1.82, 2.24) is 0 Å². The van der Waals surface area contributed by atoms with Gasteiger partial charge in [0.05, 0.1) is 5.75 Å². The number of hydrogen-bond acceptors (Lipinski definition) is 3. The van der Waals surface area contributed by atoms with Crippen LogP contribution in [0.15, 0.2) is 12.2 Å². The fraction of sp³-hybridized carbons (Fsp3) is 0.571. The van der Waals surface area contributed by atoms with E-state index in [-0.39, 0.29) is 5.57 Å². The van der Waals surface area contributed by atoms with Crippen LogP contribution >= 0.6 is 0 Å². The number of hydrogen-bond donors (Lipinski definition) is 2. The Morgan fingerprint density at radius 3 is 2.08 bits per heavy atom. The quantitative estimate of drug-likeness (QED) is 0.519. The first kappa shape index (κ1) is 12.1. The van der Waals surface area contributed by atoms with Gasteiger partial charge in [0.2, 0.25) is 0 Å². The monoisotopic (exact) mass is 208 g/mol. The molecule has 0 saturated heterocycles. The summed E-state index contributed by atoms with van der Waals surface area (Å²) in [4.78, 5) is 10.5. The summed E-state index contributed by atoms with van der Waals surface area (Å²) in [7, 11) is -4.18. The van der Waals surface area contributed by atoms with Crippen molar-refractivity contribution >= 4 is 16.1 Å². The minimum absolute atomic E-state index is 0.245. The second-order valence-corrected chi connectivity index (χ2v) is 4.85. The van der Waals surface area contributed by atoms with Crippen LogP contribution in [0.1, 0.15) is 13.8 Å². The van der Waals surface area contributed by atoms with Crippen LogP contribution in [-0.2, 0) is 14.9 Å². The minimum Gasteiger partial charge on any atom is -0.478 e. The zero-order valence-corrected chi connectivity index (χ0v) is 8.26. The first-order chi connectivity index (χ1) is 5.56. The van der Waals surface area contributed by atoms with Crippen molar-refractivity contribution in [3.63, 3.8) is 0 Å². The highest BCUT2D eigenvalue weighted by molar-refractivity contribution is 7.85. The molecule has 0 heterocycles. The van der Waals surface area contributed by atoms with E-state index in [0.717, 1.165) is 0 Å². The Morgan fingerprint density at radius 2 is 1.85 bits per heavy atom. The molecule has 2 N–H and O–H groups in total. The second kappa shape index (κ2) is 3.47. The minimum atomic E-state index is -4.18. The number of carbonyl (C=O) groups is 1. The molecule has 0 aromatic heterocycles. The summed E-state index contributed by atoms with van der Waals surface area (Å²) in [6.07, 6.45) is 0. The molecule has 0 aliphatic rings. The molecule has 0 aromatic carbocycles. The van der Waals surface area contributed by atoms with E-state index < -0.39 is 27.3 Å². The largest absolute Gasteiger partial charge is 0.478 e. The number of carboxylic acids is 1. The molecule has 0 atom stereocenters. The molecule has 13 heavy (non-hydrogen) atoms. The Bertz CT molecular complexity index is 325. The molecule has 6 heteroatoms. The van der Waals surface area contributed by atoms with Crippen LogP contribution in [0.5, 0.6) is 0 Å². The summed E-state index contributed by atoms with van der Waals surface area (Å²) in [5, 5.41) is 8.54. The van der Waals surface area contributed by atoms with Gasteiger partial charge in [-0.1, -0.05) is 20.4 Å². The molecule has 0 unspecified atom stereocenters. The number of aliphatic carboxylic acids is 1. The lowest BCUT2D eigenvalue weighted by Gasteiger charge is -2.22. The number of rotatable bonds is 4. The molecule has 0 aliphatic carbocycles.